The topological polar surface area (TPSA) is 78.9 Å². The first kappa shape index (κ1) is 77.9. The molecule has 6 nitrogen and oxygen atoms in total. The van der Waals surface area contributed by atoms with Gasteiger partial charge in [0.25, 0.3) is 0 Å². The quantitative estimate of drug-likeness (QED) is 0.0261. The number of esters is 3. The second-order valence-electron chi connectivity index (χ2n) is 23.8. The second-order valence-corrected chi connectivity index (χ2v) is 23.8. The van der Waals surface area contributed by atoms with Gasteiger partial charge < -0.3 is 14.2 Å². The van der Waals surface area contributed by atoms with E-state index in [4.69, 9.17) is 14.2 Å². The van der Waals surface area contributed by atoms with Crippen molar-refractivity contribution in [2.75, 3.05) is 13.2 Å². The van der Waals surface area contributed by atoms with Crippen LogP contribution in [0.4, 0.5) is 0 Å². The van der Waals surface area contributed by atoms with Gasteiger partial charge in [-0.1, -0.05) is 331 Å². The first-order valence-corrected chi connectivity index (χ1v) is 35.4. The van der Waals surface area contributed by atoms with Crippen LogP contribution in [0, 0.1) is 0 Å². The van der Waals surface area contributed by atoms with E-state index in [1.807, 2.05) is 0 Å². The maximum absolute atomic E-state index is 12.9. The van der Waals surface area contributed by atoms with Gasteiger partial charge in [-0.15, -0.1) is 0 Å². The molecule has 1 unspecified atom stereocenters. The molecule has 0 rings (SSSR count). The number of rotatable bonds is 65. The van der Waals surface area contributed by atoms with Gasteiger partial charge in [0.2, 0.25) is 0 Å². The van der Waals surface area contributed by atoms with Crippen molar-refractivity contribution < 1.29 is 28.6 Å². The SMILES string of the molecule is CC/C=C\C/C=C\C/C=C\C/C=C\C/C=C\CCCCCC(=O)OC(COC(=O)CCCCCCC/C=C\CCCCCC)COC(=O)CCCCCCCCCCCCCCCCCCCCCCCCCCCCCCCCC. The van der Waals surface area contributed by atoms with Crippen molar-refractivity contribution in [3.05, 3.63) is 72.9 Å². The van der Waals surface area contributed by atoms with Crippen LogP contribution < -0.4 is 0 Å². The Labute approximate surface area is 503 Å². The van der Waals surface area contributed by atoms with Crippen molar-refractivity contribution in [3.8, 4) is 0 Å². The second kappa shape index (κ2) is 69.3. The molecule has 0 aromatic rings. The summed E-state index contributed by atoms with van der Waals surface area (Å²) in [6.07, 6.45) is 90.9. The molecule has 0 amide bonds. The van der Waals surface area contributed by atoms with Crippen molar-refractivity contribution in [2.45, 2.75) is 374 Å². The lowest BCUT2D eigenvalue weighted by Gasteiger charge is -2.18. The maximum atomic E-state index is 12.9. The van der Waals surface area contributed by atoms with Gasteiger partial charge in [-0.25, -0.2) is 0 Å². The number of allylic oxidation sites excluding steroid dienone is 12. The largest absolute Gasteiger partial charge is 0.462 e. The van der Waals surface area contributed by atoms with E-state index in [1.165, 1.54) is 225 Å². The summed E-state index contributed by atoms with van der Waals surface area (Å²) in [5.74, 6) is -0.912. The van der Waals surface area contributed by atoms with Crippen LogP contribution in [0.1, 0.15) is 367 Å². The van der Waals surface area contributed by atoms with Crippen molar-refractivity contribution in [1.29, 1.82) is 0 Å². The molecule has 0 N–H and O–H groups in total. The molecule has 6 heteroatoms. The first-order chi connectivity index (χ1) is 40.0. The summed E-state index contributed by atoms with van der Waals surface area (Å²) >= 11 is 0. The molecule has 0 aliphatic carbocycles. The smallest absolute Gasteiger partial charge is 0.306 e. The summed E-state index contributed by atoms with van der Waals surface area (Å²) in [6, 6.07) is 0. The lowest BCUT2D eigenvalue weighted by molar-refractivity contribution is -0.167. The fourth-order valence-electron chi connectivity index (χ4n) is 10.4. The highest BCUT2D eigenvalue weighted by Crippen LogP contribution is 2.18. The Morgan fingerprint density at radius 2 is 0.481 bits per heavy atom. The van der Waals surface area contributed by atoms with Crippen molar-refractivity contribution >= 4 is 17.9 Å². The zero-order valence-corrected chi connectivity index (χ0v) is 54.1. The first-order valence-electron chi connectivity index (χ1n) is 35.4. The summed E-state index contributed by atoms with van der Waals surface area (Å²) in [6.45, 7) is 6.53. The summed E-state index contributed by atoms with van der Waals surface area (Å²) in [4.78, 5) is 38.4. The standard InChI is InChI=1S/C75H134O6/c1-4-7-10-13-16-19-22-25-27-29-31-32-33-34-35-36-37-38-39-40-41-42-44-45-47-50-53-56-59-62-65-68-74(77)80-71-72(70-79-73(76)67-64-61-58-55-52-49-24-21-18-15-12-9-6-3)81-75(78)69-66-63-60-57-54-51-48-46-43-30-28-26-23-20-17-14-11-8-5-2/h8,11,17,20-21,24,26,28,43,46,51,54,72H,4-7,9-10,12-16,18-19,22-23,25,27,29-42,44-45,47-50,52-53,55-71H2,1-3H3/b11-8-,20-17-,24-21-,28-26-,46-43-,54-51-. The van der Waals surface area contributed by atoms with E-state index >= 15 is 0 Å². The summed E-state index contributed by atoms with van der Waals surface area (Å²) in [5, 5.41) is 0. The average Bonchev–Trinajstić information content (AvgIpc) is 3.46. The predicted molar refractivity (Wildman–Crippen MR) is 353 cm³/mol. The maximum Gasteiger partial charge on any atom is 0.306 e. The molecule has 81 heavy (non-hydrogen) atoms. The fourth-order valence-corrected chi connectivity index (χ4v) is 10.4. The van der Waals surface area contributed by atoms with E-state index in [0.29, 0.717) is 19.3 Å². The Hall–Kier alpha value is -3.15. The molecule has 0 aromatic heterocycles. The van der Waals surface area contributed by atoms with Gasteiger partial charge in [-0.3, -0.25) is 14.4 Å². The Morgan fingerprint density at radius 3 is 0.790 bits per heavy atom. The zero-order chi connectivity index (χ0) is 58.5. The molecule has 0 saturated heterocycles. The van der Waals surface area contributed by atoms with Crippen LogP contribution in [0.3, 0.4) is 0 Å². The highest BCUT2D eigenvalue weighted by Gasteiger charge is 2.19. The lowest BCUT2D eigenvalue weighted by atomic mass is 10.0. The molecule has 0 bridgehead atoms. The van der Waals surface area contributed by atoms with Gasteiger partial charge in [0.1, 0.15) is 13.2 Å². The van der Waals surface area contributed by atoms with Gasteiger partial charge >= 0.3 is 17.9 Å². The fraction of sp³-hybridized carbons (Fsp3) is 0.800. The van der Waals surface area contributed by atoms with Gasteiger partial charge in [-0.2, -0.15) is 0 Å². The molecular weight excluding hydrogens is 997 g/mol. The Balaban J connectivity index is 4.20. The van der Waals surface area contributed by atoms with E-state index < -0.39 is 6.10 Å². The number of carbonyl (C=O) groups excluding carboxylic acids is 3. The summed E-state index contributed by atoms with van der Waals surface area (Å²) < 4.78 is 16.9. The minimum atomic E-state index is -0.797. The normalized spacial score (nSPS) is 12.5. The van der Waals surface area contributed by atoms with Crippen LogP contribution in [0.2, 0.25) is 0 Å². The van der Waals surface area contributed by atoms with E-state index in [0.717, 1.165) is 103 Å². The zero-order valence-electron chi connectivity index (χ0n) is 54.1. The Bertz CT molecular complexity index is 1490. The van der Waals surface area contributed by atoms with E-state index in [1.54, 1.807) is 0 Å². The highest BCUT2D eigenvalue weighted by atomic mass is 16.6. The number of carbonyl (C=O) groups is 3. The van der Waals surface area contributed by atoms with Gasteiger partial charge in [0, 0.05) is 19.3 Å². The van der Waals surface area contributed by atoms with Gasteiger partial charge in [-0.05, 0) is 89.9 Å². The lowest BCUT2D eigenvalue weighted by Crippen LogP contribution is -2.30. The van der Waals surface area contributed by atoms with Crippen LogP contribution >= 0.6 is 0 Å². The Kier molecular flexibility index (Phi) is 66.6. The third kappa shape index (κ3) is 67.5. The molecule has 1 atom stereocenters. The number of hydrogen-bond donors (Lipinski definition) is 0. The summed E-state index contributed by atoms with van der Waals surface area (Å²) in [5.41, 5.74) is 0. The van der Waals surface area contributed by atoms with Crippen LogP contribution in [-0.2, 0) is 28.6 Å². The highest BCUT2D eigenvalue weighted by molar-refractivity contribution is 5.71. The molecule has 0 saturated carbocycles. The Morgan fingerprint density at radius 1 is 0.259 bits per heavy atom. The van der Waals surface area contributed by atoms with Crippen LogP contribution in [0.5, 0.6) is 0 Å². The van der Waals surface area contributed by atoms with Crippen LogP contribution in [-0.4, -0.2) is 37.2 Å². The van der Waals surface area contributed by atoms with E-state index in [-0.39, 0.29) is 31.1 Å². The molecule has 0 aromatic carbocycles. The van der Waals surface area contributed by atoms with Gasteiger partial charge in [0.15, 0.2) is 6.10 Å². The molecule has 0 heterocycles. The number of ether oxygens (including phenoxy) is 3. The average molecular weight is 1130 g/mol. The minimum Gasteiger partial charge on any atom is -0.462 e. The monoisotopic (exact) mass is 1130 g/mol. The van der Waals surface area contributed by atoms with Gasteiger partial charge in [0.05, 0.1) is 0 Å². The third-order valence-corrected chi connectivity index (χ3v) is 15.7. The molecule has 0 radical (unpaired) electrons. The summed E-state index contributed by atoms with van der Waals surface area (Å²) in [7, 11) is 0. The molecule has 0 aliphatic rings. The molecule has 0 aliphatic heterocycles. The molecule has 470 valence electrons. The van der Waals surface area contributed by atoms with E-state index in [2.05, 4.69) is 93.7 Å². The number of unbranched alkanes of at least 4 members (excludes halogenated alkanes) is 42. The minimum absolute atomic E-state index is 0.0886. The van der Waals surface area contributed by atoms with Crippen molar-refractivity contribution in [2.24, 2.45) is 0 Å². The third-order valence-electron chi connectivity index (χ3n) is 15.7. The molecule has 0 spiro atoms. The molecule has 0 fully saturated rings. The van der Waals surface area contributed by atoms with Crippen LogP contribution in [0.15, 0.2) is 72.9 Å². The van der Waals surface area contributed by atoms with Crippen molar-refractivity contribution in [3.63, 3.8) is 0 Å². The predicted octanol–water partition coefficient (Wildman–Crippen LogP) is 24.4. The number of hydrogen-bond acceptors (Lipinski definition) is 6. The van der Waals surface area contributed by atoms with Crippen molar-refractivity contribution in [1.82, 2.24) is 0 Å². The van der Waals surface area contributed by atoms with Crippen LogP contribution in [0.25, 0.3) is 0 Å². The molecular formula is C75H134O6. The van der Waals surface area contributed by atoms with E-state index in [9.17, 15) is 14.4 Å².